The van der Waals surface area contributed by atoms with Crippen molar-refractivity contribution in [2.45, 2.75) is 39.0 Å². The molecule has 0 spiro atoms. The number of amides is 2. The number of hydrogen-bond acceptors (Lipinski definition) is 5. The van der Waals surface area contributed by atoms with E-state index in [2.05, 4.69) is 0 Å². The van der Waals surface area contributed by atoms with Gasteiger partial charge in [0.05, 0.1) is 12.2 Å². The van der Waals surface area contributed by atoms with E-state index >= 15 is 0 Å². The van der Waals surface area contributed by atoms with Crippen LogP contribution in [0.1, 0.15) is 20.8 Å². The minimum atomic E-state index is -0.892. The van der Waals surface area contributed by atoms with Crippen molar-refractivity contribution in [2.75, 3.05) is 24.6 Å². The molecule has 34 heavy (non-hydrogen) atoms. The molecule has 3 aromatic rings. The summed E-state index contributed by atoms with van der Waals surface area (Å²) < 4.78 is 11.6. The highest BCUT2D eigenvalue weighted by Gasteiger charge is 2.34. The van der Waals surface area contributed by atoms with Crippen molar-refractivity contribution < 1.29 is 24.2 Å². The molecule has 1 aliphatic heterocycles. The van der Waals surface area contributed by atoms with E-state index < -0.39 is 12.2 Å². The number of hydrogen-bond donors (Lipinski definition) is 1. The monoisotopic (exact) mass is 462 g/mol. The van der Waals surface area contributed by atoms with E-state index in [9.17, 15) is 14.7 Å². The summed E-state index contributed by atoms with van der Waals surface area (Å²) in [5, 5.41) is 12.7. The molecule has 7 heteroatoms. The quantitative estimate of drug-likeness (QED) is 0.553. The van der Waals surface area contributed by atoms with Crippen molar-refractivity contribution in [3.05, 3.63) is 66.7 Å². The van der Waals surface area contributed by atoms with Crippen LogP contribution in [0.2, 0.25) is 0 Å². The zero-order valence-electron chi connectivity index (χ0n) is 19.7. The summed E-state index contributed by atoms with van der Waals surface area (Å²) in [7, 11) is 0. The highest BCUT2D eigenvalue weighted by Crippen LogP contribution is 2.33. The molecule has 1 N–H and O–H groups in total. The van der Waals surface area contributed by atoms with Crippen LogP contribution in [0, 0.1) is 0 Å². The Balaban J connectivity index is 1.43. The highest BCUT2D eigenvalue weighted by molar-refractivity contribution is 6.03. The van der Waals surface area contributed by atoms with Crippen LogP contribution >= 0.6 is 0 Å². The standard InChI is InChI=1S/C27H30N2O5/c1-18(2)28(15-21(30)17-33-24-14-8-10-20-9-4-5-11-22(20)24)26(31)16-29-23-12-6-7-13-25(23)34-19(3)27(29)32/h4-14,18-19,21,30H,15-17H2,1-3H3. The SMILES string of the molecule is CC1Oc2ccccc2N(CC(=O)N(CC(O)COc2cccc3ccccc23)C(C)C)C1=O. The van der Waals surface area contributed by atoms with Gasteiger partial charge in [0.1, 0.15) is 30.8 Å². The summed E-state index contributed by atoms with van der Waals surface area (Å²) in [4.78, 5) is 29.0. The Bertz CT molecular complexity index is 1170. The van der Waals surface area contributed by atoms with Crippen LogP contribution in [0.15, 0.2) is 66.7 Å². The smallest absolute Gasteiger partial charge is 0.268 e. The Morgan fingerprint density at radius 3 is 2.59 bits per heavy atom. The summed E-state index contributed by atoms with van der Waals surface area (Å²) in [6.45, 7) is 5.45. The first kappa shape index (κ1) is 23.6. The normalized spacial score (nSPS) is 16.2. The summed E-state index contributed by atoms with van der Waals surface area (Å²) in [5.74, 6) is 0.734. The molecule has 2 unspecified atom stereocenters. The second-order valence-corrected chi connectivity index (χ2v) is 8.73. The zero-order valence-corrected chi connectivity index (χ0v) is 19.7. The predicted octanol–water partition coefficient (Wildman–Crippen LogP) is 3.63. The molecule has 0 saturated heterocycles. The molecule has 0 aliphatic carbocycles. The average molecular weight is 463 g/mol. The van der Waals surface area contributed by atoms with Gasteiger partial charge in [0.2, 0.25) is 5.91 Å². The molecule has 0 saturated carbocycles. The minimum Gasteiger partial charge on any atom is -0.490 e. The number of fused-ring (bicyclic) bond motifs is 2. The van der Waals surface area contributed by atoms with Gasteiger partial charge >= 0.3 is 0 Å². The third kappa shape index (κ3) is 4.99. The van der Waals surface area contributed by atoms with Gasteiger partial charge in [-0.05, 0) is 44.4 Å². The number of nitrogens with zero attached hydrogens (tertiary/aromatic N) is 2. The lowest BCUT2D eigenvalue weighted by atomic mass is 10.1. The van der Waals surface area contributed by atoms with Gasteiger partial charge in [-0.15, -0.1) is 0 Å². The first-order chi connectivity index (χ1) is 16.3. The lowest BCUT2D eigenvalue weighted by Gasteiger charge is -2.35. The number of para-hydroxylation sites is 2. The molecule has 2 atom stereocenters. The van der Waals surface area contributed by atoms with E-state index in [0.29, 0.717) is 17.2 Å². The fourth-order valence-electron chi connectivity index (χ4n) is 4.14. The Hall–Kier alpha value is -3.58. The maximum absolute atomic E-state index is 13.2. The van der Waals surface area contributed by atoms with Crippen LogP contribution < -0.4 is 14.4 Å². The van der Waals surface area contributed by atoms with Gasteiger partial charge in [-0.1, -0.05) is 48.5 Å². The number of aliphatic hydroxyl groups is 1. The summed E-state index contributed by atoms with van der Waals surface area (Å²) in [6.07, 6.45) is -1.56. The maximum atomic E-state index is 13.2. The Labute approximate surface area is 199 Å². The van der Waals surface area contributed by atoms with E-state index in [1.807, 2.05) is 62.4 Å². The number of ether oxygens (including phenoxy) is 2. The zero-order chi connectivity index (χ0) is 24.2. The summed E-state index contributed by atoms with van der Waals surface area (Å²) in [5.41, 5.74) is 0.572. The number of aliphatic hydroxyl groups excluding tert-OH is 1. The van der Waals surface area contributed by atoms with Gasteiger partial charge < -0.3 is 19.5 Å². The molecule has 3 aromatic carbocycles. The highest BCUT2D eigenvalue weighted by atomic mass is 16.5. The van der Waals surface area contributed by atoms with Gasteiger partial charge in [0.15, 0.2) is 6.10 Å². The minimum absolute atomic E-state index is 0.0425. The van der Waals surface area contributed by atoms with Crippen LogP contribution in [0.4, 0.5) is 5.69 Å². The van der Waals surface area contributed by atoms with E-state index in [0.717, 1.165) is 10.8 Å². The number of anilines is 1. The number of carbonyl (C=O) groups excluding carboxylic acids is 2. The largest absolute Gasteiger partial charge is 0.490 e. The lowest BCUT2D eigenvalue weighted by molar-refractivity contribution is -0.135. The molecule has 0 aromatic heterocycles. The molecule has 0 bridgehead atoms. The van der Waals surface area contributed by atoms with Crippen LogP contribution in [0.5, 0.6) is 11.5 Å². The number of carbonyl (C=O) groups is 2. The third-order valence-corrected chi connectivity index (χ3v) is 5.90. The van der Waals surface area contributed by atoms with Gasteiger partial charge in [0, 0.05) is 11.4 Å². The van der Waals surface area contributed by atoms with Crippen molar-refractivity contribution in [2.24, 2.45) is 0 Å². The van der Waals surface area contributed by atoms with E-state index in [-0.39, 0.29) is 37.6 Å². The van der Waals surface area contributed by atoms with Crippen LogP contribution in [0.25, 0.3) is 10.8 Å². The molecule has 0 fully saturated rings. The molecular formula is C27H30N2O5. The molecule has 4 rings (SSSR count). The molecule has 7 nitrogen and oxygen atoms in total. The molecule has 2 amide bonds. The van der Waals surface area contributed by atoms with Crippen molar-refractivity contribution in [1.82, 2.24) is 4.90 Å². The van der Waals surface area contributed by atoms with Crippen molar-refractivity contribution in [3.8, 4) is 11.5 Å². The number of benzene rings is 3. The Morgan fingerprint density at radius 2 is 1.79 bits per heavy atom. The van der Waals surface area contributed by atoms with Crippen LogP contribution in [0.3, 0.4) is 0 Å². The Kier molecular flexibility index (Phi) is 7.03. The van der Waals surface area contributed by atoms with Gasteiger partial charge in [-0.3, -0.25) is 14.5 Å². The van der Waals surface area contributed by atoms with E-state index in [1.165, 1.54) is 4.90 Å². The van der Waals surface area contributed by atoms with Crippen molar-refractivity contribution in [3.63, 3.8) is 0 Å². The lowest BCUT2D eigenvalue weighted by Crippen LogP contribution is -2.52. The molecule has 1 aliphatic rings. The summed E-state index contributed by atoms with van der Waals surface area (Å²) in [6, 6.07) is 20.7. The predicted molar refractivity (Wildman–Crippen MR) is 131 cm³/mol. The van der Waals surface area contributed by atoms with Crippen molar-refractivity contribution >= 4 is 28.3 Å². The van der Waals surface area contributed by atoms with Crippen molar-refractivity contribution in [1.29, 1.82) is 0 Å². The molecular weight excluding hydrogens is 432 g/mol. The Morgan fingerprint density at radius 1 is 1.09 bits per heavy atom. The third-order valence-electron chi connectivity index (χ3n) is 5.90. The first-order valence-electron chi connectivity index (χ1n) is 11.5. The van der Waals surface area contributed by atoms with E-state index in [1.54, 1.807) is 30.0 Å². The van der Waals surface area contributed by atoms with Gasteiger partial charge in [-0.2, -0.15) is 0 Å². The van der Waals surface area contributed by atoms with Gasteiger partial charge in [-0.25, -0.2) is 0 Å². The molecule has 178 valence electrons. The summed E-state index contributed by atoms with van der Waals surface area (Å²) >= 11 is 0. The molecule has 0 radical (unpaired) electrons. The van der Waals surface area contributed by atoms with Crippen LogP contribution in [-0.4, -0.2) is 59.8 Å². The average Bonchev–Trinajstić information content (AvgIpc) is 2.83. The topological polar surface area (TPSA) is 79.3 Å². The van der Waals surface area contributed by atoms with Crippen LogP contribution in [-0.2, 0) is 9.59 Å². The fraction of sp³-hybridized carbons (Fsp3) is 0.333. The first-order valence-corrected chi connectivity index (χ1v) is 11.5. The van der Waals surface area contributed by atoms with Gasteiger partial charge in [0.25, 0.3) is 5.91 Å². The molecule has 1 heterocycles. The maximum Gasteiger partial charge on any atom is 0.268 e. The van der Waals surface area contributed by atoms with E-state index in [4.69, 9.17) is 9.47 Å². The second-order valence-electron chi connectivity index (χ2n) is 8.73. The second kappa shape index (κ2) is 10.1. The fourth-order valence-corrected chi connectivity index (χ4v) is 4.14. The number of rotatable bonds is 8.